The maximum absolute atomic E-state index is 14.2. The molecule has 0 saturated carbocycles. The molecule has 96 valence electrons. The molecule has 1 unspecified atom stereocenters. The lowest BCUT2D eigenvalue weighted by atomic mass is 10.1. The highest BCUT2D eigenvalue weighted by molar-refractivity contribution is 9.10. The molecule has 1 fully saturated rings. The molecular weight excluding hydrogens is 297 g/mol. The van der Waals surface area contributed by atoms with Gasteiger partial charge in [0, 0.05) is 19.6 Å². The van der Waals surface area contributed by atoms with Gasteiger partial charge in [0.2, 0.25) is 0 Å². The van der Waals surface area contributed by atoms with Crippen LogP contribution in [0.4, 0.5) is 10.1 Å². The molecule has 1 aliphatic heterocycles. The minimum atomic E-state index is -0.359. The van der Waals surface area contributed by atoms with Crippen LogP contribution >= 0.6 is 15.9 Å². The van der Waals surface area contributed by atoms with Crippen molar-refractivity contribution in [3.05, 3.63) is 28.0 Å². The molecule has 0 aromatic heterocycles. The van der Waals surface area contributed by atoms with E-state index in [1.807, 2.05) is 18.0 Å². The first-order valence-electron chi connectivity index (χ1n) is 5.96. The lowest BCUT2D eigenvalue weighted by Gasteiger charge is -2.33. The lowest BCUT2D eigenvalue weighted by molar-refractivity contribution is 0.441. The van der Waals surface area contributed by atoms with Gasteiger partial charge in [-0.15, -0.1) is 0 Å². The molecule has 1 atom stereocenters. The molecule has 1 aromatic carbocycles. The topological polar surface area (TPSA) is 39.1 Å². The van der Waals surface area contributed by atoms with E-state index in [1.54, 1.807) is 12.1 Å². The summed E-state index contributed by atoms with van der Waals surface area (Å²) in [7, 11) is 1.90. The summed E-state index contributed by atoms with van der Waals surface area (Å²) in [5.74, 6) is -0.359. The number of piperidine rings is 1. The second kappa shape index (κ2) is 5.68. The zero-order valence-electron chi connectivity index (χ0n) is 10.2. The van der Waals surface area contributed by atoms with Crippen molar-refractivity contribution in [2.45, 2.75) is 18.9 Å². The fourth-order valence-corrected chi connectivity index (χ4v) is 2.68. The number of halogens is 2. The zero-order valence-corrected chi connectivity index (χ0v) is 11.8. The van der Waals surface area contributed by atoms with Crippen LogP contribution in [-0.4, -0.2) is 26.2 Å². The number of nitrogens with zero attached hydrogens (tertiary/aromatic N) is 2. The molecule has 3 nitrogen and oxygen atoms in total. The summed E-state index contributed by atoms with van der Waals surface area (Å²) >= 11 is 3.14. The summed E-state index contributed by atoms with van der Waals surface area (Å²) in [5.41, 5.74) is 0.862. The molecule has 18 heavy (non-hydrogen) atoms. The van der Waals surface area contributed by atoms with E-state index in [0.717, 1.165) is 25.9 Å². The number of benzene rings is 1. The van der Waals surface area contributed by atoms with E-state index in [2.05, 4.69) is 21.2 Å². The molecular formula is C13H15BrFN3. The highest BCUT2D eigenvalue weighted by Gasteiger charge is 2.22. The Balaban J connectivity index is 2.28. The molecule has 1 heterocycles. The molecule has 0 aliphatic carbocycles. The van der Waals surface area contributed by atoms with Crippen LogP contribution in [-0.2, 0) is 0 Å². The van der Waals surface area contributed by atoms with Crippen LogP contribution in [0.2, 0.25) is 0 Å². The van der Waals surface area contributed by atoms with E-state index in [0.29, 0.717) is 17.3 Å². The van der Waals surface area contributed by atoms with Crippen molar-refractivity contribution in [2.24, 2.45) is 0 Å². The molecule has 5 heteroatoms. The van der Waals surface area contributed by atoms with E-state index in [9.17, 15) is 4.39 Å². The summed E-state index contributed by atoms with van der Waals surface area (Å²) < 4.78 is 14.4. The summed E-state index contributed by atoms with van der Waals surface area (Å²) in [6, 6.07) is 5.59. The number of hydrogen-bond donors (Lipinski definition) is 1. The molecule has 0 spiro atoms. The van der Waals surface area contributed by atoms with E-state index in [-0.39, 0.29) is 10.3 Å². The zero-order chi connectivity index (χ0) is 13.1. The van der Waals surface area contributed by atoms with Crippen molar-refractivity contribution in [1.29, 1.82) is 5.26 Å². The van der Waals surface area contributed by atoms with Gasteiger partial charge in [0.15, 0.2) is 5.82 Å². The normalized spacial score (nSPS) is 19.3. The molecule has 1 aromatic rings. The van der Waals surface area contributed by atoms with Crippen LogP contribution in [0, 0.1) is 17.1 Å². The van der Waals surface area contributed by atoms with Gasteiger partial charge in [-0.05, 0) is 47.4 Å². The maximum Gasteiger partial charge on any atom is 0.161 e. The number of likely N-dealkylation sites (N-methyl/N-ethyl adjacent to an activating group) is 1. The van der Waals surface area contributed by atoms with Crippen LogP contribution in [0.1, 0.15) is 18.4 Å². The van der Waals surface area contributed by atoms with Crippen LogP contribution in [0.3, 0.4) is 0 Å². The smallest absolute Gasteiger partial charge is 0.161 e. The minimum absolute atomic E-state index is 0.248. The molecule has 0 radical (unpaired) electrons. The van der Waals surface area contributed by atoms with Crippen molar-refractivity contribution < 1.29 is 4.39 Å². The Morgan fingerprint density at radius 2 is 2.33 bits per heavy atom. The van der Waals surface area contributed by atoms with Gasteiger partial charge in [-0.3, -0.25) is 0 Å². The Kier molecular flexibility index (Phi) is 4.20. The second-order valence-corrected chi connectivity index (χ2v) is 5.28. The van der Waals surface area contributed by atoms with E-state index >= 15 is 0 Å². The van der Waals surface area contributed by atoms with Crippen LogP contribution < -0.4 is 10.2 Å². The van der Waals surface area contributed by atoms with Gasteiger partial charge in [0.25, 0.3) is 0 Å². The summed E-state index contributed by atoms with van der Waals surface area (Å²) in [6.07, 6.45) is 2.16. The Morgan fingerprint density at radius 3 is 2.94 bits per heavy atom. The molecule has 0 amide bonds. The third-order valence-corrected chi connectivity index (χ3v) is 4.16. The van der Waals surface area contributed by atoms with Gasteiger partial charge in [0.1, 0.15) is 6.07 Å². The van der Waals surface area contributed by atoms with Crippen molar-refractivity contribution in [3.63, 3.8) is 0 Å². The largest absolute Gasteiger partial charge is 0.368 e. The molecule has 1 saturated heterocycles. The van der Waals surface area contributed by atoms with Gasteiger partial charge < -0.3 is 10.2 Å². The third-order valence-electron chi connectivity index (χ3n) is 3.38. The van der Waals surface area contributed by atoms with Crippen LogP contribution in [0.15, 0.2) is 16.6 Å². The molecule has 2 rings (SSSR count). The van der Waals surface area contributed by atoms with Crippen molar-refractivity contribution in [1.82, 2.24) is 5.32 Å². The monoisotopic (exact) mass is 311 g/mol. The van der Waals surface area contributed by atoms with Crippen LogP contribution in [0.25, 0.3) is 0 Å². The molecule has 0 bridgehead atoms. The van der Waals surface area contributed by atoms with E-state index in [4.69, 9.17) is 5.26 Å². The van der Waals surface area contributed by atoms with E-state index < -0.39 is 0 Å². The Bertz CT molecular complexity index is 478. The summed E-state index contributed by atoms with van der Waals surface area (Å²) in [6.45, 7) is 1.90. The quantitative estimate of drug-likeness (QED) is 0.912. The van der Waals surface area contributed by atoms with Gasteiger partial charge in [0.05, 0.1) is 15.7 Å². The fraction of sp³-hybridized carbons (Fsp3) is 0.462. The lowest BCUT2D eigenvalue weighted by Crippen LogP contribution is -2.44. The van der Waals surface area contributed by atoms with Crippen molar-refractivity contribution in [3.8, 4) is 6.07 Å². The second-order valence-electron chi connectivity index (χ2n) is 4.48. The first kappa shape index (κ1) is 13.3. The maximum atomic E-state index is 14.2. The predicted octanol–water partition coefficient (Wildman–Crippen LogP) is 2.65. The molecule has 1 N–H and O–H groups in total. The highest BCUT2D eigenvalue weighted by atomic mass is 79.9. The SMILES string of the molecule is CN(c1ccc(C#N)c(Br)c1F)C1CCCNC1. The van der Waals surface area contributed by atoms with Gasteiger partial charge >= 0.3 is 0 Å². The average Bonchev–Trinajstić information content (AvgIpc) is 2.42. The van der Waals surface area contributed by atoms with Gasteiger partial charge in [-0.2, -0.15) is 5.26 Å². The Hall–Kier alpha value is -1.12. The number of nitriles is 1. The number of anilines is 1. The standard InChI is InChI=1S/C13H15BrFN3/c1-18(10-3-2-6-17-8-10)11-5-4-9(7-16)12(14)13(11)15/h4-5,10,17H,2-3,6,8H2,1H3. The number of nitrogens with one attached hydrogen (secondary N) is 1. The average molecular weight is 312 g/mol. The number of hydrogen-bond acceptors (Lipinski definition) is 3. The van der Waals surface area contributed by atoms with Crippen molar-refractivity contribution in [2.75, 3.05) is 25.0 Å². The summed E-state index contributed by atoms with van der Waals surface area (Å²) in [5, 5.41) is 12.2. The van der Waals surface area contributed by atoms with Gasteiger partial charge in [-0.1, -0.05) is 0 Å². The fourth-order valence-electron chi connectivity index (χ4n) is 2.26. The predicted molar refractivity (Wildman–Crippen MR) is 73.1 cm³/mol. The Labute approximate surface area is 115 Å². The number of rotatable bonds is 2. The van der Waals surface area contributed by atoms with Crippen LogP contribution in [0.5, 0.6) is 0 Å². The molecule has 1 aliphatic rings. The first-order chi connectivity index (χ1) is 8.65. The Morgan fingerprint density at radius 1 is 1.56 bits per heavy atom. The third kappa shape index (κ3) is 2.50. The first-order valence-corrected chi connectivity index (χ1v) is 6.76. The summed E-state index contributed by atoms with van der Waals surface area (Å²) in [4.78, 5) is 1.95. The van der Waals surface area contributed by atoms with E-state index in [1.165, 1.54) is 0 Å². The van der Waals surface area contributed by atoms with Crippen molar-refractivity contribution >= 4 is 21.6 Å². The minimum Gasteiger partial charge on any atom is -0.368 e. The highest BCUT2D eigenvalue weighted by Crippen LogP contribution is 2.30. The van der Waals surface area contributed by atoms with Gasteiger partial charge in [-0.25, -0.2) is 4.39 Å².